The normalized spacial score (nSPS) is 8.33. The zero-order valence-corrected chi connectivity index (χ0v) is 6.96. The van der Waals surface area contributed by atoms with Crippen molar-refractivity contribution in [2.75, 3.05) is 6.61 Å². The van der Waals surface area contributed by atoms with Gasteiger partial charge in [-0.25, -0.2) is 0 Å². The quantitative estimate of drug-likeness (QED) is 0.707. The van der Waals surface area contributed by atoms with E-state index in [2.05, 4.69) is 0 Å². The van der Waals surface area contributed by atoms with Crippen molar-refractivity contribution in [3.05, 3.63) is 0 Å². The molecule has 0 aromatic heterocycles. The molecule has 0 amide bonds. The van der Waals surface area contributed by atoms with Crippen LogP contribution in [0.1, 0.15) is 13.8 Å². The van der Waals surface area contributed by atoms with Gasteiger partial charge in [0.2, 0.25) is 0 Å². The zero-order valence-electron chi connectivity index (χ0n) is 4.02. The van der Waals surface area contributed by atoms with Gasteiger partial charge in [-0.2, -0.15) is 0 Å². The Balaban J connectivity index is 2.83. The Hall–Kier alpha value is 0.518. The molecule has 1 nitrogen and oxygen atoms in total. The van der Waals surface area contributed by atoms with E-state index in [1.54, 1.807) is 0 Å². The molecule has 0 bridgehead atoms. The van der Waals surface area contributed by atoms with Crippen LogP contribution in [0.2, 0.25) is 0 Å². The first-order valence-electron chi connectivity index (χ1n) is 1.90. The number of rotatable bonds is 2. The van der Waals surface area contributed by atoms with Gasteiger partial charge < -0.3 is 0 Å². The molecular formula is C4H8OW. The van der Waals surface area contributed by atoms with E-state index in [1.807, 2.05) is 13.8 Å². The minimum absolute atomic E-state index is 0.815. The molecule has 2 heteroatoms. The molecule has 36 valence electrons. The van der Waals surface area contributed by atoms with Gasteiger partial charge in [0.25, 0.3) is 0 Å². The fourth-order valence-corrected chi connectivity index (χ4v) is 0.627. The van der Waals surface area contributed by atoms with Crippen molar-refractivity contribution in [3.63, 3.8) is 0 Å². The molecule has 0 aromatic rings. The Morgan fingerprint density at radius 1 is 1.83 bits per heavy atom. The maximum atomic E-state index is 5.00. The third-order valence-electron chi connectivity index (χ3n) is 0.348. The van der Waals surface area contributed by atoms with Crippen LogP contribution in [0.4, 0.5) is 0 Å². The van der Waals surface area contributed by atoms with Crippen molar-refractivity contribution >= 4 is 4.08 Å². The Labute approximate surface area is 49.1 Å². The van der Waals surface area contributed by atoms with Crippen molar-refractivity contribution in [3.8, 4) is 0 Å². The second kappa shape index (κ2) is 3.70. The third kappa shape index (κ3) is 4.52. The fourth-order valence-electron chi connectivity index (χ4n) is 0.203. The molecule has 0 saturated heterocycles. The molecule has 0 aliphatic heterocycles. The summed E-state index contributed by atoms with van der Waals surface area (Å²) in [6.07, 6.45) is 0. The maximum absolute atomic E-state index is 5.00. The van der Waals surface area contributed by atoms with Gasteiger partial charge in [0, 0.05) is 0 Å². The predicted octanol–water partition coefficient (Wildman–Crippen LogP) is 0.720. The van der Waals surface area contributed by atoms with E-state index in [0.29, 0.717) is 0 Å². The van der Waals surface area contributed by atoms with E-state index in [4.69, 9.17) is 4.74 Å². The van der Waals surface area contributed by atoms with Crippen molar-refractivity contribution in [1.82, 2.24) is 0 Å². The molecule has 0 aliphatic rings. The van der Waals surface area contributed by atoms with E-state index in [0.717, 1.165) is 10.7 Å². The number of ether oxygens (including phenoxy) is 1. The SMILES string of the molecule is CCO[C](C)=[W]. The molecule has 0 heterocycles. The first-order chi connectivity index (χ1) is 2.77. The van der Waals surface area contributed by atoms with Gasteiger partial charge in [0.05, 0.1) is 0 Å². The van der Waals surface area contributed by atoms with Crippen molar-refractivity contribution < 1.29 is 24.1 Å². The van der Waals surface area contributed by atoms with Crippen LogP contribution in [0, 0.1) is 0 Å². The summed E-state index contributed by atoms with van der Waals surface area (Å²) in [5, 5.41) is 0. The summed E-state index contributed by atoms with van der Waals surface area (Å²) < 4.78 is 6.12. The van der Waals surface area contributed by atoms with Crippen LogP contribution in [0.3, 0.4) is 0 Å². The molecule has 0 atom stereocenters. The molecule has 0 radical (unpaired) electrons. The molecule has 0 N–H and O–H groups in total. The summed E-state index contributed by atoms with van der Waals surface area (Å²) in [6.45, 7) is 4.79. The first kappa shape index (κ1) is 6.52. The van der Waals surface area contributed by atoms with Crippen LogP contribution in [-0.2, 0) is 24.1 Å². The molecule has 0 saturated carbocycles. The molecule has 0 aliphatic carbocycles. The molecule has 0 unspecified atom stereocenters. The van der Waals surface area contributed by atoms with Crippen molar-refractivity contribution in [2.45, 2.75) is 13.8 Å². The Morgan fingerprint density at radius 3 is 2.33 bits per heavy atom. The van der Waals surface area contributed by atoms with E-state index in [9.17, 15) is 0 Å². The van der Waals surface area contributed by atoms with Crippen LogP contribution >= 0.6 is 0 Å². The van der Waals surface area contributed by atoms with E-state index in [1.165, 1.54) is 19.4 Å². The van der Waals surface area contributed by atoms with E-state index in [-0.39, 0.29) is 0 Å². The van der Waals surface area contributed by atoms with Crippen LogP contribution in [0.25, 0.3) is 0 Å². The van der Waals surface area contributed by atoms with Gasteiger partial charge in [-0.15, -0.1) is 0 Å². The monoisotopic (exact) mass is 256 g/mol. The molecule has 6 heavy (non-hydrogen) atoms. The Bertz CT molecular complexity index is 51.5. The first-order valence-corrected chi connectivity index (χ1v) is 3.37. The minimum atomic E-state index is 0.815. The summed E-state index contributed by atoms with van der Waals surface area (Å²) in [6, 6.07) is 0. The summed E-state index contributed by atoms with van der Waals surface area (Å²) in [5.74, 6) is 0. The van der Waals surface area contributed by atoms with Crippen LogP contribution in [0.15, 0.2) is 0 Å². The topological polar surface area (TPSA) is 9.23 Å². The van der Waals surface area contributed by atoms with Gasteiger partial charge in [-0.05, 0) is 0 Å². The summed E-state index contributed by atoms with van der Waals surface area (Å²) in [7, 11) is 0. The zero-order chi connectivity index (χ0) is 4.99. The average Bonchev–Trinajstić information content (AvgIpc) is 1.35. The molecule has 0 rings (SSSR count). The molecule has 0 fully saturated rings. The van der Waals surface area contributed by atoms with Gasteiger partial charge >= 0.3 is 48.6 Å². The second-order valence-electron chi connectivity index (χ2n) is 0.925. The van der Waals surface area contributed by atoms with E-state index >= 15 is 0 Å². The van der Waals surface area contributed by atoms with Crippen molar-refractivity contribution in [2.24, 2.45) is 0 Å². The van der Waals surface area contributed by atoms with Crippen LogP contribution < -0.4 is 0 Å². The van der Waals surface area contributed by atoms with Gasteiger partial charge in [-0.3, -0.25) is 0 Å². The Kier molecular flexibility index (Phi) is 4.02. The molecule has 0 aromatic carbocycles. The van der Waals surface area contributed by atoms with Crippen molar-refractivity contribution in [1.29, 1.82) is 0 Å². The summed E-state index contributed by atoms with van der Waals surface area (Å²) in [4.78, 5) is 0. The average molecular weight is 256 g/mol. The molecular weight excluding hydrogens is 248 g/mol. The van der Waals surface area contributed by atoms with E-state index < -0.39 is 0 Å². The standard InChI is InChI=1S/C4H8O.W/c1-3-5-4-2;/h3H2,1-2H3;. The second-order valence-corrected chi connectivity index (χ2v) is 2.99. The Morgan fingerprint density at radius 2 is 2.33 bits per heavy atom. The van der Waals surface area contributed by atoms with Gasteiger partial charge in [0.1, 0.15) is 0 Å². The number of hydrogen-bond acceptors (Lipinski definition) is 1. The van der Waals surface area contributed by atoms with Gasteiger partial charge in [0.15, 0.2) is 0 Å². The number of hydrogen-bond donors (Lipinski definition) is 0. The summed E-state index contributed by atoms with van der Waals surface area (Å²) in [5.41, 5.74) is 0. The third-order valence-corrected chi connectivity index (χ3v) is 0.771. The van der Waals surface area contributed by atoms with Crippen LogP contribution in [0.5, 0.6) is 0 Å². The fraction of sp³-hybridized carbons (Fsp3) is 0.750. The summed E-state index contributed by atoms with van der Waals surface area (Å²) >= 11 is 1.42. The van der Waals surface area contributed by atoms with Crippen LogP contribution in [-0.4, -0.2) is 10.7 Å². The predicted molar refractivity (Wildman–Crippen MR) is 22.3 cm³/mol. The molecule has 0 spiro atoms. The van der Waals surface area contributed by atoms with Gasteiger partial charge in [-0.1, -0.05) is 0 Å².